The zero-order valence-corrected chi connectivity index (χ0v) is 20.7. The van der Waals surface area contributed by atoms with Crippen LogP contribution < -0.4 is 0 Å². The molecule has 2 aromatic carbocycles. The van der Waals surface area contributed by atoms with Crippen molar-refractivity contribution in [2.45, 2.75) is 46.8 Å². The number of thiophene rings is 1. The molecule has 0 spiro atoms. The topological polar surface area (TPSA) is 83.8 Å². The van der Waals surface area contributed by atoms with Crippen LogP contribution in [0.15, 0.2) is 60.0 Å². The fourth-order valence-corrected chi connectivity index (χ4v) is 4.54. The summed E-state index contributed by atoms with van der Waals surface area (Å²) in [5, 5.41) is 13.3. The molecule has 34 heavy (non-hydrogen) atoms. The first-order valence-electron chi connectivity index (χ1n) is 11.1. The van der Waals surface area contributed by atoms with Crippen LogP contribution in [0.25, 0.3) is 0 Å². The molecule has 0 unspecified atom stereocenters. The highest BCUT2D eigenvalue weighted by atomic mass is 32.1. The Morgan fingerprint density at radius 1 is 1.00 bits per heavy atom. The molecule has 0 saturated carbocycles. The molecular weight excluding hydrogens is 450 g/mol. The molecule has 2 amide bonds. The summed E-state index contributed by atoms with van der Waals surface area (Å²) in [5.41, 5.74) is 2.69. The lowest BCUT2D eigenvalue weighted by Gasteiger charge is -2.30. The lowest BCUT2D eigenvalue weighted by molar-refractivity contribution is -0.385. The first-order valence-corrected chi connectivity index (χ1v) is 12.0. The predicted molar refractivity (Wildman–Crippen MR) is 134 cm³/mol. The van der Waals surface area contributed by atoms with Gasteiger partial charge in [0, 0.05) is 34.7 Å². The molecule has 0 N–H and O–H groups in total. The number of nitro benzene ring substituents is 1. The number of nitrogens with zero attached hydrogens (tertiary/aromatic N) is 3. The number of carbonyl (C=O) groups excluding carboxylic acids is 2. The SMILES string of the molecule is Cc1ccc(C(=O)N(CC(=O)N(Cc2ccccc2)Cc2sccc2C)C(C)C)cc1[N+](=O)[O-]. The fourth-order valence-electron chi connectivity index (χ4n) is 3.62. The molecule has 3 rings (SSSR count). The average Bonchev–Trinajstić information content (AvgIpc) is 3.21. The summed E-state index contributed by atoms with van der Waals surface area (Å²) in [4.78, 5) is 42.0. The molecule has 0 bridgehead atoms. The lowest BCUT2D eigenvalue weighted by Crippen LogP contribution is -2.45. The van der Waals surface area contributed by atoms with Crippen LogP contribution in [0.4, 0.5) is 5.69 Å². The summed E-state index contributed by atoms with van der Waals surface area (Å²) in [5.74, 6) is -0.585. The third-order valence-corrected chi connectivity index (χ3v) is 6.72. The van der Waals surface area contributed by atoms with E-state index in [0.717, 1.165) is 16.0 Å². The van der Waals surface area contributed by atoms with Gasteiger partial charge in [0.05, 0.1) is 11.5 Å². The molecule has 0 saturated heterocycles. The molecule has 7 nitrogen and oxygen atoms in total. The fraction of sp³-hybridized carbons (Fsp3) is 0.308. The Morgan fingerprint density at radius 3 is 2.29 bits per heavy atom. The Bertz CT molecular complexity index is 1170. The van der Waals surface area contributed by atoms with E-state index in [9.17, 15) is 19.7 Å². The largest absolute Gasteiger partial charge is 0.332 e. The van der Waals surface area contributed by atoms with Gasteiger partial charge in [-0.1, -0.05) is 36.4 Å². The highest BCUT2D eigenvalue weighted by molar-refractivity contribution is 7.10. The quantitative estimate of drug-likeness (QED) is 0.306. The third-order valence-electron chi connectivity index (χ3n) is 5.71. The van der Waals surface area contributed by atoms with Crippen LogP contribution >= 0.6 is 11.3 Å². The minimum absolute atomic E-state index is 0.111. The Kier molecular flexibility index (Phi) is 8.17. The summed E-state index contributed by atoms with van der Waals surface area (Å²) in [6, 6.07) is 15.9. The number of benzene rings is 2. The van der Waals surface area contributed by atoms with E-state index in [1.54, 1.807) is 35.3 Å². The van der Waals surface area contributed by atoms with Gasteiger partial charge in [0.15, 0.2) is 0 Å². The van der Waals surface area contributed by atoms with Crippen molar-refractivity contribution in [1.29, 1.82) is 0 Å². The van der Waals surface area contributed by atoms with Gasteiger partial charge in [0.25, 0.3) is 11.6 Å². The number of hydrogen-bond acceptors (Lipinski definition) is 5. The molecular formula is C26H29N3O4S. The normalized spacial score (nSPS) is 10.9. The van der Waals surface area contributed by atoms with E-state index in [-0.39, 0.29) is 29.7 Å². The van der Waals surface area contributed by atoms with E-state index >= 15 is 0 Å². The van der Waals surface area contributed by atoms with Gasteiger partial charge in [-0.05, 0) is 56.3 Å². The second kappa shape index (κ2) is 11.1. The summed E-state index contributed by atoms with van der Waals surface area (Å²) < 4.78 is 0. The second-order valence-corrected chi connectivity index (χ2v) is 9.55. The van der Waals surface area contributed by atoms with Crippen LogP contribution in [0.3, 0.4) is 0 Å². The van der Waals surface area contributed by atoms with Crippen LogP contribution in [0.2, 0.25) is 0 Å². The van der Waals surface area contributed by atoms with Crippen molar-refractivity contribution in [2.24, 2.45) is 0 Å². The first kappa shape index (κ1) is 25.1. The van der Waals surface area contributed by atoms with Crippen molar-refractivity contribution in [2.75, 3.05) is 6.54 Å². The monoisotopic (exact) mass is 479 g/mol. The van der Waals surface area contributed by atoms with E-state index in [1.165, 1.54) is 11.0 Å². The lowest BCUT2D eigenvalue weighted by atomic mass is 10.1. The standard InChI is InChI=1S/C26H29N3O4S/c1-18(2)28(26(31)22-11-10-19(3)23(14-22)29(32)33)17-25(30)27(15-21-8-6-5-7-9-21)16-24-20(4)12-13-34-24/h5-14,18H,15-17H2,1-4H3. The molecule has 0 radical (unpaired) electrons. The average molecular weight is 480 g/mol. The summed E-state index contributed by atoms with van der Waals surface area (Å²) in [6.45, 7) is 8.07. The summed E-state index contributed by atoms with van der Waals surface area (Å²) >= 11 is 1.60. The zero-order valence-electron chi connectivity index (χ0n) is 19.9. The van der Waals surface area contributed by atoms with Crippen molar-refractivity contribution in [1.82, 2.24) is 9.80 Å². The maximum absolute atomic E-state index is 13.5. The van der Waals surface area contributed by atoms with E-state index < -0.39 is 10.8 Å². The van der Waals surface area contributed by atoms with Gasteiger partial charge >= 0.3 is 0 Å². The number of carbonyl (C=O) groups is 2. The molecule has 1 heterocycles. The van der Waals surface area contributed by atoms with E-state index in [4.69, 9.17) is 0 Å². The maximum atomic E-state index is 13.5. The molecule has 1 aromatic heterocycles. The Morgan fingerprint density at radius 2 is 1.71 bits per heavy atom. The van der Waals surface area contributed by atoms with Crippen molar-refractivity contribution in [3.8, 4) is 0 Å². The van der Waals surface area contributed by atoms with Gasteiger partial charge in [-0.2, -0.15) is 0 Å². The van der Waals surface area contributed by atoms with Crippen LogP contribution in [0.5, 0.6) is 0 Å². The van der Waals surface area contributed by atoms with Crippen molar-refractivity contribution >= 4 is 28.8 Å². The summed E-state index contributed by atoms with van der Waals surface area (Å²) in [7, 11) is 0. The van der Waals surface area contributed by atoms with Gasteiger partial charge < -0.3 is 9.80 Å². The van der Waals surface area contributed by atoms with Gasteiger partial charge in [-0.15, -0.1) is 11.3 Å². The minimum atomic E-state index is -0.498. The molecule has 178 valence electrons. The van der Waals surface area contributed by atoms with Crippen LogP contribution in [0.1, 0.15) is 45.8 Å². The molecule has 0 atom stereocenters. The first-order chi connectivity index (χ1) is 16.2. The van der Waals surface area contributed by atoms with Crippen LogP contribution in [-0.2, 0) is 17.9 Å². The minimum Gasteiger partial charge on any atom is -0.332 e. The number of hydrogen-bond donors (Lipinski definition) is 0. The number of rotatable bonds is 9. The van der Waals surface area contributed by atoms with E-state index in [0.29, 0.717) is 18.7 Å². The van der Waals surface area contributed by atoms with Crippen LogP contribution in [-0.4, -0.2) is 39.1 Å². The second-order valence-electron chi connectivity index (χ2n) is 8.55. The number of nitro groups is 1. The maximum Gasteiger partial charge on any atom is 0.273 e. The Hall–Kier alpha value is -3.52. The summed E-state index contributed by atoms with van der Waals surface area (Å²) in [6.07, 6.45) is 0. The predicted octanol–water partition coefficient (Wildman–Crippen LogP) is 5.35. The van der Waals surface area contributed by atoms with E-state index in [2.05, 4.69) is 0 Å². The third kappa shape index (κ3) is 6.08. The van der Waals surface area contributed by atoms with Crippen molar-refractivity contribution < 1.29 is 14.5 Å². The molecule has 0 fully saturated rings. The Labute approximate surface area is 203 Å². The molecule has 0 aliphatic carbocycles. The molecule has 8 heteroatoms. The van der Waals surface area contributed by atoms with E-state index in [1.807, 2.05) is 62.5 Å². The number of aryl methyl sites for hydroxylation is 2. The van der Waals surface area contributed by atoms with Gasteiger partial charge in [0.2, 0.25) is 5.91 Å². The van der Waals surface area contributed by atoms with Gasteiger partial charge in [-0.25, -0.2) is 0 Å². The van der Waals surface area contributed by atoms with Gasteiger partial charge in [-0.3, -0.25) is 19.7 Å². The molecule has 0 aliphatic heterocycles. The van der Waals surface area contributed by atoms with Crippen molar-refractivity contribution in [3.63, 3.8) is 0 Å². The van der Waals surface area contributed by atoms with Crippen LogP contribution in [0, 0.1) is 24.0 Å². The zero-order chi connectivity index (χ0) is 24.8. The molecule has 3 aromatic rings. The number of amides is 2. The Balaban J connectivity index is 1.85. The highest BCUT2D eigenvalue weighted by Gasteiger charge is 2.26. The van der Waals surface area contributed by atoms with Gasteiger partial charge in [0.1, 0.15) is 6.54 Å². The molecule has 0 aliphatic rings. The highest BCUT2D eigenvalue weighted by Crippen LogP contribution is 2.22. The van der Waals surface area contributed by atoms with Crippen molar-refractivity contribution in [3.05, 3.63) is 97.2 Å². The smallest absolute Gasteiger partial charge is 0.273 e.